The van der Waals surface area contributed by atoms with Gasteiger partial charge in [0, 0.05) is 18.1 Å². The van der Waals surface area contributed by atoms with Gasteiger partial charge in [0.05, 0.1) is 22.0 Å². The molecule has 0 heterocycles. The molecule has 0 aromatic heterocycles. The van der Waals surface area contributed by atoms with Crippen LogP contribution in [0, 0.1) is 6.92 Å². The van der Waals surface area contributed by atoms with Crippen molar-refractivity contribution >= 4 is 66.7 Å². The van der Waals surface area contributed by atoms with Gasteiger partial charge in [-0.3, -0.25) is 13.9 Å². The van der Waals surface area contributed by atoms with Crippen LogP contribution in [-0.2, 0) is 26.2 Å². The summed E-state index contributed by atoms with van der Waals surface area (Å²) < 4.78 is 26.9. The number of likely N-dealkylation sites (N-methyl/N-ethyl adjacent to an activating group) is 1. The number of anilines is 1. The summed E-state index contributed by atoms with van der Waals surface area (Å²) in [6.45, 7) is 2.97. The molecule has 0 aliphatic rings. The number of carbonyl (C=O) groups is 2. The fourth-order valence-corrected chi connectivity index (χ4v) is 4.43. The SMILES string of the molecule is CNC(=O)[C@@H](C)N(Cc1ccc(Cl)c(Cl)c1)C(=O)CN(c1ccc(Br)c(C)c1)S(C)(=O)=O. The first-order valence-corrected chi connectivity index (χ1v) is 12.9. The number of hydrogen-bond donors (Lipinski definition) is 1. The summed E-state index contributed by atoms with van der Waals surface area (Å²) in [7, 11) is -2.32. The zero-order valence-electron chi connectivity index (χ0n) is 18.0. The summed E-state index contributed by atoms with van der Waals surface area (Å²) in [6.07, 6.45) is 1.03. The number of amides is 2. The highest BCUT2D eigenvalue weighted by Gasteiger charge is 2.30. The van der Waals surface area contributed by atoms with Crippen molar-refractivity contribution in [3.63, 3.8) is 0 Å². The summed E-state index contributed by atoms with van der Waals surface area (Å²) >= 11 is 15.5. The summed E-state index contributed by atoms with van der Waals surface area (Å²) in [5.41, 5.74) is 1.81. The van der Waals surface area contributed by atoms with Crippen molar-refractivity contribution in [2.24, 2.45) is 0 Å². The lowest BCUT2D eigenvalue weighted by Gasteiger charge is -2.31. The number of benzene rings is 2. The molecule has 0 aliphatic carbocycles. The van der Waals surface area contributed by atoms with Gasteiger partial charge in [0.15, 0.2) is 0 Å². The minimum Gasteiger partial charge on any atom is -0.357 e. The number of aryl methyl sites for hydroxylation is 1. The van der Waals surface area contributed by atoms with Crippen LogP contribution in [-0.4, -0.2) is 51.0 Å². The number of rotatable bonds is 8. The van der Waals surface area contributed by atoms with Gasteiger partial charge in [-0.15, -0.1) is 0 Å². The molecule has 0 bridgehead atoms. The predicted octanol–water partition coefficient (Wildman–Crippen LogP) is 3.99. The van der Waals surface area contributed by atoms with Crippen molar-refractivity contribution in [1.82, 2.24) is 10.2 Å². The van der Waals surface area contributed by atoms with Crippen LogP contribution < -0.4 is 9.62 Å². The summed E-state index contributed by atoms with van der Waals surface area (Å²) in [5, 5.41) is 3.19. The first kappa shape index (κ1) is 26.4. The summed E-state index contributed by atoms with van der Waals surface area (Å²) in [4.78, 5) is 26.9. The van der Waals surface area contributed by atoms with E-state index < -0.39 is 28.5 Å². The maximum atomic E-state index is 13.3. The Labute approximate surface area is 206 Å². The molecule has 2 aromatic carbocycles. The zero-order chi connectivity index (χ0) is 24.2. The highest BCUT2D eigenvalue weighted by molar-refractivity contribution is 9.10. The number of nitrogens with zero attached hydrogens (tertiary/aromatic N) is 2. The fraction of sp³-hybridized carbons (Fsp3) is 0.333. The van der Waals surface area contributed by atoms with Gasteiger partial charge >= 0.3 is 0 Å². The molecule has 0 unspecified atom stereocenters. The van der Waals surface area contributed by atoms with Crippen LogP contribution in [0.3, 0.4) is 0 Å². The molecule has 7 nitrogen and oxygen atoms in total. The quantitative estimate of drug-likeness (QED) is 0.525. The molecule has 0 saturated heterocycles. The Kier molecular flexibility index (Phi) is 8.98. The third-order valence-corrected chi connectivity index (χ3v) is 7.63. The lowest BCUT2D eigenvalue weighted by molar-refractivity contribution is -0.139. The second kappa shape index (κ2) is 10.9. The second-order valence-electron chi connectivity index (χ2n) is 7.26. The maximum absolute atomic E-state index is 13.3. The number of nitrogens with one attached hydrogen (secondary N) is 1. The van der Waals surface area contributed by atoms with Gasteiger partial charge in [-0.05, 0) is 55.3 Å². The second-order valence-corrected chi connectivity index (χ2v) is 10.8. The van der Waals surface area contributed by atoms with E-state index in [1.165, 1.54) is 11.9 Å². The molecule has 174 valence electrons. The lowest BCUT2D eigenvalue weighted by atomic mass is 10.1. The largest absolute Gasteiger partial charge is 0.357 e. The Bertz CT molecular complexity index is 1130. The van der Waals surface area contributed by atoms with Gasteiger partial charge in [0.2, 0.25) is 21.8 Å². The molecule has 2 rings (SSSR count). The molecular weight excluding hydrogens is 541 g/mol. The van der Waals surface area contributed by atoms with Gasteiger partial charge in [0.25, 0.3) is 0 Å². The van der Waals surface area contributed by atoms with Gasteiger partial charge in [-0.25, -0.2) is 8.42 Å². The highest BCUT2D eigenvalue weighted by Crippen LogP contribution is 2.26. The van der Waals surface area contributed by atoms with Crippen molar-refractivity contribution in [2.75, 3.05) is 24.2 Å². The molecule has 0 aliphatic heterocycles. The Morgan fingerprint density at radius 2 is 1.78 bits per heavy atom. The molecule has 0 saturated carbocycles. The number of hydrogen-bond acceptors (Lipinski definition) is 4. The molecule has 11 heteroatoms. The normalized spacial score (nSPS) is 12.2. The van der Waals surface area contributed by atoms with Crippen molar-refractivity contribution in [3.8, 4) is 0 Å². The van der Waals surface area contributed by atoms with Crippen molar-refractivity contribution in [3.05, 3.63) is 62.0 Å². The molecule has 0 fully saturated rings. The van der Waals surface area contributed by atoms with E-state index in [1.54, 1.807) is 43.3 Å². The molecule has 1 atom stereocenters. The third-order valence-electron chi connectivity index (χ3n) is 4.86. The number of carbonyl (C=O) groups excluding carboxylic acids is 2. The molecule has 0 spiro atoms. The van der Waals surface area contributed by atoms with Crippen molar-refractivity contribution in [1.29, 1.82) is 0 Å². The predicted molar refractivity (Wildman–Crippen MR) is 132 cm³/mol. The topological polar surface area (TPSA) is 86.8 Å². The van der Waals surface area contributed by atoms with Crippen LogP contribution >= 0.6 is 39.1 Å². The zero-order valence-corrected chi connectivity index (χ0v) is 21.9. The maximum Gasteiger partial charge on any atom is 0.244 e. The van der Waals surface area contributed by atoms with E-state index in [-0.39, 0.29) is 12.5 Å². The van der Waals surface area contributed by atoms with Crippen LogP contribution in [0.5, 0.6) is 0 Å². The van der Waals surface area contributed by atoms with E-state index in [1.807, 2.05) is 6.92 Å². The minimum atomic E-state index is -3.78. The molecule has 2 amide bonds. The molecular formula is C21H24BrCl2N3O4S. The average molecular weight is 565 g/mol. The van der Waals surface area contributed by atoms with E-state index in [9.17, 15) is 18.0 Å². The Balaban J connectivity index is 2.42. The number of sulfonamides is 1. The van der Waals surface area contributed by atoms with E-state index in [0.717, 1.165) is 20.6 Å². The van der Waals surface area contributed by atoms with Gasteiger partial charge < -0.3 is 10.2 Å². The van der Waals surface area contributed by atoms with Crippen LogP contribution in [0.2, 0.25) is 10.0 Å². The van der Waals surface area contributed by atoms with Crippen LogP contribution in [0.4, 0.5) is 5.69 Å². The molecule has 32 heavy (non-hydrogen) atoms. The van der Waals surface area contributed by atoms with E-state index in [0.29, 0.717) is 21.3 Å². The van der Waals surface area contributed by atoms with E-state index in [2.05, 4.69) is 21.2 Å². The molecule has 0 radical (unpaired) electrons. The lowest BCUT2D eigenvalue weighted by Crippen LogP contribution is -2.50. The number of halogens is 3. The Morgan fingerprint density at radius 1 is 1.12 bits per heavy atom. The minimum absolute atomic E-state index is 0.0429. The van der Waals surface area contributed by atoms with Gasteiger partial charge in [-0.2, -0.15) is 0 Å². The van der Waals surface area contributed by atoms with Gasteiger partial charge in [-0.1, -0.05) is 45.2 Å². The van der Waals surface area contributed by atoms with E-state index >= 15 is 0 Å². The van der Waals surface area contributed by atoms with Crippen LogP contribution in [0.1, 0.15) is 18.1 Å². The van der Waals surface area contributed by atoms with Crippen molar-refractivity contribution < 1.29 is 18.0 Å². The Hall–Kier alpha value is -1.81. The van der Waals surface area contributed by atoms with Crippen LogP contribution in [0.25, 0.3) is 0 Å². The standard InChI is InChI=1S/C21H24BrCl2N3O4S/c1-13-9-16(6-7-17(13)22)27(32(4,30)31)12-20(28)26(14(2)21(29)25-3)11-15-5-8-18(23)19(24)10-15/h5-10,14H,11-12H2,1-4H3,(H,25,29)/t14-/m1/s1. The molecule has 1 N–H and O–H groups in total. The summed E-state index contributed by atoms with van der Waals surface area (Å²) in [6, 6.07) is 9.04. The van der Waals surface area contributed by atoms with Crippen molar-refractivity contribution in [2.45, 2.75) is 26.4 Å². The monoisotopic (exact) mass is 563 g/mol. The third kappa shape index (κ3) is 6.60. The van der Waals surface area contributed by atoms with Gasteiger partial charge in [0.1, 0.15) is 12.6 Å². The average Bonchev–Trinajstić information content (AvgIpc) is 2.72. The smallest absolute Gasteiger partial charge is 0.244 e. The first-order valence-electron chi connectivity index (χ1n) is 9.54. The first-order chi connectivity index (χ1) is 14.8. The molecule has 2 aromatic rings. The highest BCUT2D eigenvalue weighted by atomic mass is 79.9. The van der Waals surface area contributed by atoms with Crippen LogP contribution in [0.15, 0.2) is 40.9 Å². The Morgan fingerprint density at radius 3 is 2.31 bits per heavy atom. The van der Waals surface area contributed by atoms with E-state index in [4.69, 9.17) is 23.2 Å². The summed E-state index contributed by atoms with van der Waals surface area (Å²) in [5.74, 6) is -0.929. The fourth-order valence-electron chi connectivity index (χ4n) is 3.02.